The van der Waals surface area contributed by atoms with Gasteiger partial charge in [-0.1, -0.05) is 0 Å². The normalized spacial score (nSPS) is 12.6. The summed E-state index contributed by atoms with van der Waals surface area (Å²) >= 11 is 0. The van der Waals surface area contributed by atoms with Gasteiger partial charge in [0.1, 0.15) is 18.5 Å². The first-order chi connectivity index (χ1) is 8.70. The predicted octanol–water partition coefficient (Wildman–Crippen LogP) is 0.949. The van der Waals surface area contributed by atoms with Crippen LogP contribution >= 0.6 is 0 Å². The minimum atomic E-state index is -0.806. The van der Waals surface area contributed by atoms with Gasteiger partial charge in [-0.25, -0.2) is 9.78 Å². The molecule has 0 bridgehead atoms. The minimum Gasteiger partial charge on any atom is -0.448 e. The summed E-state index contributed by atoms with van der Waals surface area (Å²) in [5.74, 6) is 0.547. The van der Waals surface area contributed by atoms with Crippen molar-refractivity contribution >= 4 is 11.9 Å². The lowest BCUT2D eigenvalue weighted by atomic mass is 10.1. The topological polar surface area (TPSA) is 101 Å². The van der Waals surface area contributed by atoms with Crippen LogP contribution in [0.25, 0.3) is 0 Å². The first-order valence-electron chi connectivity index (χ1n) is 5.79. The second kappa shape index (κ2) is 5.36. The number of amides is 1. The third-order valence-corrected chi connectivity index (χ3v) is 2.81. The number of ether oxygens (including phenoxy) is 1. The summed E-state index contributed by atoms with van der Waals surface area (Å²) in [5.41, 5.74) is 7.57. The Morgan fingerprint density at radius 3 is 3.17 bits per heavy atom. The number of carbonyl (C=O) groups is 1. The molecule has 94 valence electrons. The van der Waals surface area contributed by atoms with Gasteiger partial charge in [0.05, 0.1) is 12.1 Å². The number of aryl methyl sites for hydroxylation is 2. The summed E-state index contributed by atoms with van der Waals surface area (Å²) < 4.78 is 4.60. The van der Waals surface area contributed by atoms with Crippen LogP contribution in [0.15, 0.2) is 6.07 Å². The van der Waals surface area contributed by atoms with Gasteiger partial charge in [0.25, 0.3) is 0 Å². The van der Waals surface area contributed by atoms with Gasteiger partial charge in [-0.3, -0.25) is 0 Å². The number of nitrogens with one attached hydrogen (secondary N) is 1. The molecule has 0 saturated heterocycles. The number of anilines is 1. The first kappa shape index (κ1) is 12.2. The fraction of sp³-hybridized carbons (Fsp3) is 0.417. The van der Waals surface area contributed by atoms with Gasteiger partial charge < -0.3 is 15.8 Å². The standard InChI is InChI=1S/C12H14N4O2/c13-7-9-6-8-2-1-3-10(8)16-11(9)15-4-5-18-12(14)17/h6H,1-5H2,(H2,14,17)(H,15,16). The molecule has 6 heteroatoms. The Morgan fingerprint density at radius 2 is 2.44 bits per heavy atom. The van der Waals surface area contributed by atoms with Crippen LogP contribution in [0.2, 0.25) is 0 Å². The number of hydrogen-bond donors (Lipinski definition) is 2. The quantitative estimate of drug-likeness (QED) is 0.770. The number of nitrogens with zero attached hydrogens (tertiary/aromatic N) is 2. The monoisotopic (exact) mass is 246 g/mol. The van der Waals surface area contributed by atoms with E-state index in [-0.39, 0.29) is 6.61 Å². The number of pyridine rings is 1. The van der Waals surface area contributed by atoms with E-state index in [0.29, 0.717) is 17.9 Å². The van der Waals surface area contributed by atoms with Crippen molar-refractivity contribution in [2.24, 2.45) is 5.73 Å². The maximum atomic E-state index is 10.4. The lowest BCUT2D eigenvalue weighted by Gasteiger charge is -2.09. The van der Waals surface area contributed by atoms with Crippen LogP contribution in [0, 0.1) is 11.3 Å². The Morgan fingerprint density at radius 1 is 1.61 bits per heavy atom. The van der Waals surface area contributed by atoms with E-state index in [0.717, 1.165) is 30.5 Å². The van der Waals surface area contributed by atoms with Crippen LogP contribution in [0.4, 0.5) is 10.6 Å². The maximum absolute atomic E-state index is 10.4. The molecule has 0 radical (unpaired) electrons. The highest BCUT2D eigenvalue weighted by Gasteiger charge is 2.16. The third kappa shape index (κ3) is 2.69. The second-order valence-electron chi connectivity index (χ2n) is 4.05. The van der Waals surface area contributed by atoms with E-state index in [9.17, 15) is 4.79 Å². The van der Waals surface area contributed by atoms with E-state index in [1.54, 1.807) is 0 Å². The average molecular weight is 246 g/mol. The van der Waals surface area contributed by atoms with Crippen molar-refractivity contribution in [1.82, 2.24) is 4.98 Å². The van der Waals surface area contributed by atoms with Crippen molar-refractivity contribution in [3.05, 3.63) is 22.9 Å². The van der Waals surface area contributed by atoms with Crippen LogP contribution in [0.3, 0.4) is 0 Å². The van der Waals surface area contributed by atoms with Crippen molar-refractivity contribution in [2.45, 2.75) is 19.3 Å². The molecule has 6 nitrogen and oxygen atoms in total. The van der Waals surface area contributed by atoms with Gasteiger partial charge in [0, 0.05) is 5.69 Å². The number of fused-ring (bicyclic) bond motifs is 1. The van der Waals surface area contributed by atoms with Crippen LogP contribution < -0.4 is 11.1 Å². The molecule has 0 aromatic carbocycles. The van der Waals surface area contributed by atoms with Gasteiger partial charge >= 0.3 is 6.09 Å². The summed E-state index contributed by atoms with van der Waals surface area (Å²) in [7, 11) is 0. The lowest BCUT2D eigenvalue weighted by molar-refractivity contribution is 0.161. The molecule has 1 aliphatic rings. The van der Waals surface area contributed by atoms with Gasteiger partial charge in [-0.2, -0.15) is 5.26 Å². The second-order valence-corrected chi connectivity index (χ2v) is 4.05. The summed E-state index contributed by atoms with van der Waals surface area (Å²) in [6.07, 6.45) is 2.22. The Kier molecular flexibility index (Phi) is 3.63. The molecule has 1 aliphatic carbocycles. The molecule has 0 aliphatic heterocycles. The molecule has 1 aromatic heterocycles. The predicted molar refractivity (Wildman–Crippen MR) is 65.0 cm³/mol. The summed E-state index contributed by atoms with van der Waals surface area (Å²) in [6, 6.07) is 4.00. The first-order valence-corrected chi connectivity index (χ1v) is 5.79. The Labute approximate surface area is 105 Å². The molecule has 0 atom stereocenters. The van der Waals surface area contributed by atoms with E-state index in [4.69, 9.17) is 11.0 Å². The fourth-order valence-electron chi connectivity index (χ4n) is 2.01. The van der Waals surface area contributed by atoms with Crippen LogP contribution in [0.1, 0.15) is 23.2 Å². The van der Waals surface area contributed by atoms with Crippen molar-refractivity contribution in [3.8, 4) is 6.07 Å². The van der Waals surface area contributed by atoms with E-state index in [2.05, 4.69) is 21.1 Å². The molecule has 2 rings (SSSR count). The SMILES string of the molecule is N#Cc1cc2c(nc1NCCOC(N)=O)CCC2. The van der Waals surface area contributed by atoms with E-state index in [1.807, 2.05) is 6.07 Å². The number of rotatable bonds is 4. The number of nitriles is 1. The highest BCUT2D eigenvalue weighted by molar-refractivity contribution is 5.64. The molecule has 0 fully saturated rings. The Hall–Kier alpha value is -2.29. The molecule has 1 aromatic rings. The van der Waals surface area contributed by atoms with Crippen molar-refractivity contribution in [3.63, 3.8) is 0 Å². The average Bonchev–Trinajstić information content (AvgIpc) is 2.80. The summed E-state index contributed by atoms with van der Waals surface area (Å²) in [6.45, 7) is 0.530. The van der Waals surface area contributed by atoms with Crippen LogP contribution in [0.5, 0.6) is 0 Å². The zero-order valence-electron chi connectivity index (χ0n) is 9.90. The van der Waals surface area contributed by atoms with Crippen LogP contribution in [-0.2, 0) is 17.6 Å². The molecule has 0 unspecified atom stereocenters. The molecule has 3 N–H and O–H groups in total. The molecule has 0 spiro atoms. The fourth-order valence-corrected chi connectivity index (χ4v) is 2.01. The third-order valence-electron chi connectivity index (χ3n) is 2.81. The number of hydrogen-bond acceptors (Lipinski definition) is 5. The number of carbonyl (C=O) groups excluding carboxylic acids is 1. The van der Waals surface area contributed by atoms with Gasteiger partial charge in [-0.15, -0.1) is 0 Å². The van der Waals surface area contributed by atoms with Crippen molar-refractivity contribution in [1.29, 1.82) is 5.26 Å². The zero-order chi connectivity index (χ0) is 13.0. The summed E-state index contributed by atoms with van der Waals surface area (Å²) in [5, 5.41) is 12.0. The molecular formula is C12H14N4O2. The molecule has 1 amide bonds. The molecular weight excluding hydrogens is 232 g/mol. The van der Waals surface area contributed by atoms with Gasteiger partial charge in [-0.05, 0) is 30.9 Å². The number of primary amides is 1. The van der Waals surface area contributed by atoms with E-state index < -0.39 is 6.09 Å². The van der Waals surface area contributed by atoms with Gasteiger partial charge in [0.2, 0.25) is 0 Å². The minimum absolute atomic E-state index is 0.152. The highest BCUT2D eigenvalue weighted by atomic mass is 16.5. The van der Waals surface area contributed by atoms with E-state index in [1.165, 1.54) is 0 Å². The lowest BCUT2D eigenvalue weighted by Crippen LogP contribution is -2.19. The molecule has 18 heavy (non-hydrogen) atoms. The van der Waals surface area contributed by atoms with Crippen molar-refractivity contribution in [2.75, 3.05) is 18.5 Å². The maximum Gasteiger partial charge on any atom is 0.404 e. The smallest absolute Gasteiger partial charge is 0.404 e. The Balaban J connectivity index is 2.03. The molecule has 0 saturated carbocycles. The highest BCUT2D eigenvalue weighted by Crippen LogP contribution is 2.24. The van der Waals surface area contributed by atoms with Gasteiger partial charge in [0.15, 0.2) is 0 Å². The van der Waals surface area contributed by atoms with Crippen LogP contribution in [-0.4, -0.2) is 24.2 Å². The van der Waals surface area contributed by atoms with Crippen molar-refractivity contribution < 1.29 is 9.53 Å². The largest absolute Gasteiger partial charge is 0.448 e. The number of nitrogens with two attached hydrogens (primary N) is 1. The Bertz CT molecular complexity index is 508. The molecule has 1 heterocycles. The summed E-state index contributed by atoms with van der Waals surface area (Å²) in [4.78, 5) is 14.8. The number of aromatic nitrogens is 1. The zero-order valence-corrected chi connectivity index (χ0v) is 9.90. The van der Waals surface area contributed by atoms with E-state index >= 15 is 0 Å².